The molecule has 176 valence electrons. The van der Waals surface area contributed by atoms with Crippen molar-refractivity contribution in [2.45, 2.75) is 12.8 Å². The summed E-state index contributed by atoms with van der Waals surface area (Å²) in [4.78, 5) is 14.5. The van der Waals surface area contributed by atoms with Crippen LogP contribution in [0, 0.1) is 5.82 Å². The summed E-state index contributed by atoms with van der Waals surface area (Å²) >= 11 is 0. The van der Waals surface area contributed by atoms with Crippen LogP contribution in [0.15, 0.2) is 67.3 Å². The second kappa shape index (κ2) is 9.31. The lowest BCUT2D eigenvalue weighted by Crippen LogP contribution is -2.25. The van der Waals surface area contributed by atoms with Gasteiger partial charge in [0.2, 0.25) is 0 Å². The lowest BCUT2D eigenvalue weighted by molar-refractivity contribution is 0.237. The lowest BCUT2D eigenvalue weighted by Gasteiger charge is -2.14. The molecule has 1 aromatic carbocycles. The second-order valence-corrected chi connectivity index (χ2v) is 8.81. The number of ether oxygens (including phenoxy) is 1. The monoisotopic (exact) mass is 468 g/mol. The van der Waals surface area contributed by atoms with Gasteiger partial charge in [-0.05, 0) is 61.8 Å². The van der Waals surface area contributed by atoms with Gasteiger partial charge < -0.3 is 9.72 Å². The molecular formula is C27H25FN6O. The maximum atomic E-state index is 13.4. The van der Waals surface area contributed by atoms with Crippen LogP contribution in [0.25, 0.3) is 44.7 Å². The first-order valence-electron chi connectivity index (χ1n) is 11.8. The number of aromatic amines is 2. The quantitative estimate of drug-likeness (QED) is 0.339. The molecule has 0 radical (unpaired) electrons. The highest BCUT2D eigenvalue weighted by molar-refractivity contribution is 5.97. The van der Waals surface area contributed by atoms with Crippen LogP contribution in [0.2, 0.25) is 0 Å². The van der Waals surface area contributed by atoms with E-state index in [9.17, 15) is 4.39 Å². The third kappa shape index (κ3) is 4.52. The average Bonchev–Trinajstić information content (AvgIpc) is 3.65. The number of pyridine rings is 2. The predicted octanol–water partition coefficient (Wildman–Crippen LogP) is 5.30. The number of nitrogens with one attached hydrogen (secondary N) is 2. The summed E-state index contributed by atoms with van der Waals surface area (Å²) in [5.41, 5.74) is 6.14. The lowest BCUT2D eigenvalue weighted by atomic mass is 10.0. The summed E-state index contributed by atoms with van der Waals surface area (Å²) in [6.45, 7) is 3.91. The standard InChI is InChI=1S/C27H25FN6O/c28-20-5-3-18(4-6-20)23-16-30-17-27-22(23)12-25(31-27)26-13-24(32-33-26)19-11-21(15-29-14-19)35-10-9-34-7-1-2-8-34/h3-6,11-17,31H,1-2,7-10H2,(H,32,33). The molecule has 1 saturated heterocycles. The van der Waals surface area contributed by atoms with Crippen LogP contribution < -0.4 is 4.74 Å². The van der Waals surface area contributed by atoms with E-state index in [0.717, 1.165) is 70.1 Å². The van der Waals surface area contributed by atoms with Crippen LogP contribution in [0.4, 0.5) is 4.39 Å². The molecular weight excluding hydrogens is 443 g/mol. The van der Waals surface area contributed by atoms with Gasteiger partial charge in [0.1, 0.15) is 23.9 Å². The summed E-state index contributed by atoms with van der Waals surface area (Å²) in [7, 11) is 0. The molecule has 0 aliphatic carbocycles. The number of hydrogen-bond donors (Lipinski definition) is 2. The number of H-pyrrole nitrogens is 2. The number of halogens is 1. The van der Waals surface area contributed by atoms with Gasteiger partial charge in [-0.1, -0.05) is 12.1 Å². The topological polar surface area (TPSA) is 82.7 Å². The van der Waals surface area contributed by atoms with E-state index in [0.29, 0.717) is 6.61 Å². The van der Waals surface area contributed by atoms with Crippen molar-refractivity contribution in [3.8, 4) is 39.5 Å². The molecule has 0 spiro atoms. The van der Waals surface area contributed by atoms with E-state index in [1.807, 2.05) is 18.2 Å². The van der Waals surface area contributed by atoms with Crippen molar-refractivity contribution < 1.29 is 9.13 Å². The smallest absolute Gasteiger partial charge is 0.138 e. The normalized spacial score (nSPS) is 14.1. The van der Waals surface area contributed by atoms with Crippen molar-refractivity contribution in [2.24, 2.45) is 0 Å². The van der Waals surface area contributed by atoms with Crippen molar-refractivity contribution >= 4 is 10.9 Å². The fraction of sp³-hybridized carbons (Fsp3) is 0.222. The number of aromatic nitrogens is 5. The minimum Gasteiger partial charge on any atom is -0.491 e. The van der Waals surface area contributed by atoms with E-state index in [1.54, 1.807) is 36.9 Å². The Bertz CT molecular complexity index is 1450. The first-order valence-corrected chi connectivity index (χ1v) is 11.8. The van der Waals surface area contributed by atoms with Crippen molar-refractivity contribution in [1.29, 1.82) is 0 Å². The molecule has 1 aliphatic rings. The number of likely N-dealkylation sites (tertiary alicyclic amines) is 1. The molecule has 0 unspecified atom stereocenters. The van der Waals surface area contributed by atoms with Crippen molar-refractivity contribution in [2.75, 3.05) is 26.2 Å². The van der Waals surface area contributed by atoms with E-state index < -0.39 is 0 Å². The molecule has 0 atom stereocenters. The maximum Gasteiger partial charge on any atom is 0.138 e. The highest BCUT2D eigenvalue weighted by Gasteiger charge is 2.14. The highest BCUT2D eigenvalue weighted by Crippen LogP contribution is 2.32. The van der Waals surface area contributed by atoms with E-state index in [1.165, 1.54) is 25.0 Å². The van der Waals surface area contributed by atoms with Gasteiger partial charge in [-0.3, -0.25) is 20.0 Å². The molecule has 5 aromatic rings. The van der Waals surface area contributed by atoms with Crippen molar-refractivity contribution in [3.63, 3.8) is 0 Å². The fourth-order valence-corrected chi connectivity index (χ4v) is 4.60. The van der Waals surface area contributed by atoms with E-state index in [4.69, 9.17) is 4.74 Å². The number of fused-ring (bicyclic) bond motifs is 1. The number of benzene rings is 1. The van der Waals surface area contributed by atoms with E-state index >= 15 is 0 Å². The van der Waals surface area contributed by atoms with Gasteiger partial charge in [0.15, 0.2) is 0 Å². The van der Waals surface area contributed by atoms with Gasteiger partial charge in [-0.15, -0.1) is 0 Å². The third-order valence-electron chi connectivity index (χ3n) is 6.45. The van der Waals surface area contributed by atoms with Gasteiger partial charge in [0.05, 0.1) is 29.3 Å². The van der Waals surface area contributed by atoms with Crippen molar-refractivity contribution in [3.05, 3.63) is 73.1 Å². The fourth-order valence-electron chi connectivity index (χ4n) is 4.60. The van der Waals surface area contributed by atoms with Gasteiger partial charge in [0, 0.05) is 35.5 Å². The van der Waals surface area contributed by atoms with Gasteiger partial charge >= 0.3 is 0 Å². The Morgan fingerprint density at radius 3 is 2.57 bits per heavy atom. The van der Waals surface area contributed by atoms with Crippen LogP contribution >= 0.6 is 0 Å². The van der Waals surface area contributed by atoms with Crippen LogP contribution in [-0.4, -0.2) is 56.3 Å². The molecule has 6 rings (SSSR count). The first kappa shape index (κ1) is 21.5. The summed E-state index contributed by atoms with van der Waals surface area (Å²) in [5, 5.41) is 8.63. The molecule has 0 saturated carbocycles. The molecule has 4 aromatic heterocycles. The van der Waals surface area contributed by atoms with Gasteiger partial charge in [-0.25, -0.2) is 4.39 Å². The van der Waals surface area contributed by atoms with E-state index in [-0.39, 0.29) is 5.82 Å². The Balaban J connectivity index is 1.23. The maximum absolute atomic E-state index is 13.4. The Labute approximate surface area is 202 Å². The molecule has 5 heterocycles. The largest absolute Gasteiger partial charge is 0.491 e. The minimum atomic E-state index is -0.261. The van der Waals surface area contributed by atoms with Crippen molar-refractivity contribution in [1.82, 2.24) is 30.0 Å². The molecule has 0 amide bonds. The highest BCUT2D eigenvalue weighted by atomic mass is 19.1. The van der Waals surface area contributed by atoms with Crippen LogP contribution in [-0.2, 0) is 0 Å². The third-order valence-corrected chi connectivity index (χ3v) is 6.45. The Hall–Kier alpha value is -4.04. The zero-order valence-corrected chi connectivity index (χ0v) is 19.2. The summed E-state index contributed by atoms with van der Waals surface area (Å²) in [6.07, 6.45) is 9.68. The zero-order valence-electron chi connectivity index (χ0n) is 19.2. The Morgan fingerprint density at radius 2 is 1.71 bits per heavy atom. The first-order chi connectivity index (χ1) is 17.2. The minimum absolute atomic E-state index is 0.261. The van der Waals surface area contributed by atoms with Gasteiger partial charge in [-0.2, -0.15) is 5.10 Å². The molecule has 2 N–H and O–H groups in total. The van der Waals surface area contributed by atoms with E-state index in [2.05, 4.69) is 30.0 Å². The number of rotatable bonds is 7. The van der Waals surface area contributed by atoms with Gasteiger partial charge in [0.25, 0.3) is 0 Å². The SMILES string of the molecule is Fc1ccc(-c2cncc3[nH]c(-c4cc(-c5cncc(OCCN6CCCC6)c5)[nH]n4)cc23)cc1. The summed E-state index contributed by atoms with van der Waals surface area (Å²) in [6, 6.07) is 12.5. The molecule has 35 heavy (non-hydrogen) atoms. The van der Waals surface area contributed by atoms with Crippen LogP contribution in [0.1, 0.15) is 12.8 Å². The molecule has 1 aliphatic heterocycles. The second-order valence-electron chi connectivity index (χ2n) is 8.81. The number of nitrogens with zero attached hydrogens (tertiary/aromatic N) is 4. The zero-order chi connectivity index (χ0) is 23.6. The predicted molar refractivity (Wildman–Crippen MR) is 133 cm³/mol. The molecule has 0 bridgehead atoms. The van der Waals surface area contributed by atoms with Crippen LogP contribution in [0.5, 0.6) is 5.75 Å². The van der Waals surface area contributed by atoms with Crippen LogP contribution in [0.3, 0.4) is 0 Å². The molecule has 8 heteroatoms. The average molecular weight is 469 g/mol. The Kier molecular flexibility index (Phi) is 5.71. The summed E-state index contributed by atoms with van der Waals surface area (Å²) in [5.74, 6) is 0.488. The molecule has 7 nitrogen and oxygen atoms in total. The summed E-state index contributed by atoms with van der Waals surface area (Å²) < 4.78 is 19.3. The Morgan fingerprint density at radius 1 is 0.886 bits per heavy atom. The number of hydrogen-bond acceptors (Lipinski definition) is 5. The molecule has 1 fully saturated rings.